The maximum atomic E-state index is 11.6. The van der Waals surface area contributed by atoms with Crippen LogP contribution >= 0.6 is 0 Å². The van der Waals surface area contributed by atoms with Crippen molar-refractivity contribution in [1.82, 2.24) is 4.98 Å². The van der Waals surface area contributed by atoms with Gasteiger partial charge in [-0.2, -0.15) is 4.98 Å². The molecule has 0 unspecified atom stereocenters. The summed E-state index contributed by atoms with van der Waals surface area (Å²) in [6.07, 6.45) is 10.7. The van der Waals surface area contributed by atoms with Gasteiger partial charge in [0.25, 0.3) is 6.01 Å². The van der Waals surface area contributed by atoms with E-state index >= 15 is 0 Å². The van der Waals surface area contributed by atoms with Crippen LogP contribution in [-0.4, -0.2) is 30.6 Å². The molecule has 2 aliphatic rings. The lowest BCUT2D eigenvalue weighted by atomic mass is 9.68. The molecule has 21 heavy (non-hydrogen) atoms. The zero-order valence-corrected chi connectivity index (χ0v) is 12.8. The van der Waals surface area contributed by atoms with Crippen LogP contribution in [0, 0.1) is 5.41 Å². The van der Waals surface area contributed by atoms with E-state index in [1.807, 2.05) is 0 Å². The summed E-state index contributed by atoms with van der Waals surface area (Å²) in [7, 11) is 0. The highest BCUT2D eigenvalue weighted by Gasteiger charge is 2.36. The molecule has 0 radical (unpaired) electrons. The first-order valence-electron chi connectivity index (χ1n) is 8.10. The number of aromatic nitrogens is 1. The normalized spacial score (nSPS) is 21.5. The predicted molar refractivity (Wildman–Crippen MR) is 79.4 cm³/mol. The summed E-state index contributed by atoms with van der Waals surface area (Å²) in [4.78, 5) is 18.0. The second kappa shape index (κ2) is 6.08. The molecule has 116 valence electrons. The lowest BCUT2D eigenvalue weighted by Crippen LogP contribution is -2.41. The minimum atomic E-state index is -0.409. The van der Waals surface area contributed by atoms with Crippen LogP contribution < -0.4 is 4.90 Å². The zero-order chi connectivity index (χ0) is 14.7. The van der Waals surface area contributed by atoms with Crippen molar-refractivity contribution < 1.29 is 13.9 Å². The first-order chi connectivity index (χ1) is 10.2. The van der Waals surface area contributed by atoms with Gasteiger partial charge in [-0.1, -0.05) is 19.3 Å². The smallest absolute Gasteiger partial charge is 0.360 e. The van der Waals surface area contributed by atoms with E-state index in [1.165, 1.54) is 51.2 Å². The lowest BCUT2D eigenvalue weighted by molar-refractivity contribution is 0.0519. The number of esters is 1. The summed E-state index contributed by atoms with van der Waals surface area (Å²) in [5, 5.41) is 0. The fourth-order valence-electron chi connectivity index (χ4n) is 3.68. The van der Waals surface area contributed by atoms with E-state index in [2.05, 4.69) is 9.88 Å². The van der Waals surface area contributed by atoms with E-state index in [0.717, 1.165) is 13.1 Å². The van der Waals surface area contributed by atoms with Gasteiger partial charge in [-0.15, -0.1) is 0 Å². The molecule has 1 aromatic heterocycles. The molecule has 0 aromatic carbocycles. The number of oxazole rings is 1. The number of hydrogen-bond acceptors (Lipinski definition) is 5. The molecule has 0 amide bonds. The van der Waals surface area contributed by atoms with Gasteiger partial charge in [-0.05, 0) is 38.0 Å². The van der Waals surface area contributed by atoms with Crippen LogP contribution in [-0.2, 0) is 4.74 Å². The van der Waals surface area contributed by atoms with Crippen LogP contribution in [0.1, 0.15) is 62.4 Å². The molecule has 1 spiro atoms. The third kappa shape index (κ3) is 3.06. The van der Waals surface area contributed by atoms with Gasteiger partial charge < -0.3 is 14.1 Å². The third-order valence-electron chi connectivity index (χ3n) is 4.99. The molecule has 3 rings (SSSR count). The van der Waals surface area contributed by atoms with Gasteiger partial charge in [-0.3, -0.25) is 0 Å². The molecule has 1 saturated heterocycles. The fourth-order valence-corrected chi connectivity index (χ4v) is 3.68. The Labute approximate surface area is 125 Å². The lowest BCUT2D eigenvalue weighted by Gasteiger charge is -2.43. The number of carbonyl (C=O) groups is 1. The van der Waals surface area contributed by atoms with Crippen molar-refractivity contribution in [2.75, 3.05) is 24.6 Å². The number of hydrogen-bond donors (Lipinski definition) is 0. The number of anilines is 1. The molecule has 1 aliphatic carbocycles. The summed E-state index contributed by atoms with van der Waals surface area (Å²) >= 11 is 0. The summed E-state index contributed by atoms with van der Waals surface area (Å²) < 4.78 is 10.4. The van der Waals surface area contributed by atoms with Crippen LogP contribution in [0.4, 0.5) is 6.01 Å². The molecule has 2 fully saturated rings. The van der Waals surface area contributed by atoms with E-state index in [-0.39, 0.29) is 5.69 Å². The molecule has 5 heteroatoms. The molecule has 5 nitrogen and oxygen atoms in total. The molecule has 0 N–H and O–H groups in total. The van der Waals surface area contributed by atoms with Crippen molar-refractivity contribution in [3.05, 3.63) is 12.0 Å². The van der Waals surface area contributed by atoms with Gasteiger partial charge in [-0.25, -0.2) is 4.79 Å². The number of ether oxygens (including phenoxy) is 1. The number of nitrogens with zero attached hydrogens (tertiary/aromatic N) is 2. The number of carbonyl (C=O) groups excluding carboxylic acids is 1. The van der Waals surface area contributed by atoms with E-state index in [1.54, 1.807) is 6.92 Å². The first kappa shape index (κ1) is 14.4. The maximum Gasteiger partial charge on any atom is 0.360 e. The molecule has 1 aliphatic heterocycles. The van der Waals surface area contributed by atoms with E-state index < -0.39 is 5.97 Å². The molecule has 0 atom stereocenters. The van der Waals surface area contributed by atoms with Gasteiger partial charge in [0.05, 0.1) is 6.61 Å². The summed E-state index contributed by atoms with van der Waals surface area (Å²) in [6.45, 7) is 4.09. The zero-order valence-electron chi connectivity index (χ0n) is 12.8. The van der Waals surface area contributed by atoms with E-state index in [4.69, 9.17) is 9.15 Å². The first-order valence-corrected chi connectivity index (χ1v) is 8.10. The van der Waals surface area contributed by atoms with Crippen molar-refractivity contribution in [3.63, 3.8) is 0 Å². The summed E-state index contributed by atoms with van der Waals surface area (Å²) in [5.41, 5.74) is 0.829. The Hall–Kier alpha value is -1.52. The average molecular weight is 292 g/mol. The van der Waals surface area contributed by atoms with E-state index in [9.17, 15) is 4.79 Å². The molecular formula is C16H24N2O3. The van der Waals surface area contributed by atoms with Crippen LogP contribution in [0.2, 0.25) is 0 Å². The van der Waals surface area contributed by atoms with Crippen molar-refractivity contribution in [2.45, 2.75) is 51.9 Å². The average Bonchev–Trinajstić information content (AvgIpc) is 2.99. The molecule has 2 heterocycles. The number of rotatable bonds is 3. The highest BCUT2D eigenvalue weighted by molar-refractivity contribution is 5.87. The second-order valence-electron chi connectivity index (χ2n) is 6.28. The Balaban J connectivity index is 1.60. The summed E-state index contributed by atoms with van der Waals surface area (Å²) in [6, 6.07) is 0.559. The minimum absolute atomic E-state index is 0.268. The van der Waals surface area contributed by atoms with Crippen LogP contribution in [0.3, 0.4) is 0 Å². The van der Waals surface area contributed by atoms with Gasteiger partial charge >= 0.3 is 5.97 Å². The molecular weight excluding hydrogens is 268 g/mol. The highest BCUT2D eigenvalue weighted by atomic mass is 16.5. The Morgan fingerprint density at radius 3 is 2.67 bits per heavy atom. The highest BCUT2D eigenvalue weighted by Crippen LogP contribution is 2.44. The van der Waals surface area contributed by atoms with Crippen LogP contribution in [0.15, 0.2) is 10.7 Å². The SMILES string of the molecule is CCOC(=O)c1coc(N2CCC3(CCCCC3)CC2)n1. The molecule has 1 saturated carbocycles. The minimum Gasteiger partial charge on any atom is -0.461 e. The largest absolute Gasteiger partial charge is 0.461 e. The van der Waals surface area contributed by atoms with Crippen molar-refractivity contribution >= 4 is 12.0 Å². The summed E-state index contributed by atoms with van der Waals surface area (Å²) in [5.74, 6) is -0.409. The van der Waals surface area contributed by atoms with Gasteiger partial charge in [0.15, 0.2) is 5.69 Å². The monoisotopic (exact) mass is 292 g/mol. The Morgan fingerprint density at radius 2 is 2.00 bits per heavy atom. The van der Waals surface area contributed by atoms with Gasteiger partial charge in [0.2, 0.25) is 0 Å². The third-order valence-corrected chi connectivity index (χ3v) is 4.99. The maximum absolute atomic E-state index is 11.6. The Morgan fingerprint density at radius 1 is 1.29 bits per heavy atom. The standard InChI is InChI=1S/C16H24N2O3/c1-2-20-14(19)13-12-21-15(17-13)18-10-8-16(9-11-18)6-4-3-5-7-16/h12H,2-11H2,1H3. The van der Waals surface area contributed by atoms with Crippen LogP contribution in [0.25, 0.3) is 0 Å². The topological polar surface area (TPSA) is 55.6 Å². The van der Waals surface area contributed by atoms with Crippen molar-refractivity contribution in [3.8, 4) is 0 Å². The fraction of sp³-hybridized carbons (Fsp3) is 0.750. The van der Waals surface area contributed by atoms with E-state index in [0.29, 0.717) is 18.0 Å². The number of piperidine rings is 1. The molecule has 1 aromatic rings. The predicted octanol–water partition coefficient (Wildman–Crippen LogP) is 3.40. The van der Waals surface area contributed by atoms with Gasteiger partial charge in [0, 0.05) is 13.1 Å². The van der Waals surface area contributed by atoms with Crippen LogP contribution in [0.5, 0.6) is 0 Å². The molecule has 0 bridgehead atoms. The van der Waals surface area contributed by atoms with Crippen molar-refractivity contribution in [2.24, 2.45) is 5.41 Å². The van der Waals surface area contributed by atoms with Gasteiger partial charge in [0.1, 0.15) is 6.26 Å². The second-order valence-corrected chi connectivity index (χ2v) is 6.28. The van der Waals surface area contributed by atoms with Crippen molar-refractivity contribution in [1.29, 1.82) is 0 Å². The quantitative estimate of drug-likeness (QED) is 0.799. The Bertz CT molecular complexity index is 481. The Kier molecular flexibility index (Phi) is 4.17.